The number of fused-ring (bicyclic) bond motifs is 1. The second-order valence-electron chi connectivity index (χ2n) is 7.67. The van der Waals surface area contributed by atoms with Crippen molar-refractivity contribution in [1.29, 1.82) is 0 Å². The highest BCUT2D eigenvalue weighted by Crippen LogP contribution is 2.28. The first kappa shape index (κ1) is 20.9. The maximum Gasteiger partial charge on any atom is 0.263 e. The first-order valence-electron chi connectivity index (χ1n) is 9.93. The summed E-state index contributed by atoms with van der Waals surface area (Å²) in [7, 11) is -2.10. The van der Waals surface area contributed by atoms with E-state index in [2.05, 4.69) is 9.71 Å². The number of ether oxygens (including phenoxy) is 1. The van der Waals surface area contributed by atoms with E-state index in [1.807, 2.05) is 81.4 Å². The summed E-state index contributed by atoms with van der Waals surface area (Å²) < 4.78 is 34.0. The predicted molar refractivity (Wildman–Crippen MR) is 125 cm³/mol. The quantitative estimate of drug-likeness (QED) is 0.443. The van der Waals surface area contributed by atoms with Gasteiger partial charge in [-0.2, -0.15) is 0 Å². The zero-order valence-corrected chi connectivity index (χ0v) is 18.7. The van der Waals surface area contributed by atoms with Crippen LogP contribution in [0, 0.1) is 20.8 Å². The van der Waals surface area contributed by atoms with Gasteiger partial charge in [0.25, 0.3) is 10.0 Å². The summed E-state index contributed by atoms with van der Waals surface area (Å²) in [4.78, 5) is 4.82. The first-order chi connectivity index (χ1) is 14.8. The van der Waals surface area contributed by atoms with Crippen molar-refractivity contribution in [2.24, 2.45) is 0 Å². The van der Waals surface area contributed by atoms with Crippen LogP contribution in [0.2, 0.25) is 0 Å². The number of aryl methyl sites for hydroxylation is 3. The number of methoxy groups -OCH3 is 1. The van der Waals surface area contributed by atoms with Gasteiger partial charge in [-0.25, -0.2) is 13.4 Å². The monoisotopic (exact) mass is 432 g/mol. The van der Waals surface area contributed by atoms with Crippen molar-refractivity contribution in [3.05, 3.63) is 83.4 Å². The highest BCUT2D eigenvalue weighted by Gasteiger charge is 2.20. The number of benzene rings is 3. The fourth-order valence-corrected chi connectivity index (χ4v) is 5.40. The minimum Gasteiger partial charge on any atom is -0.497 e. The van der Waals surface area contributed by atoms with Crippen LogP contribution in [0.25, 0.3) is 22.0 Å². The second-order valence-corrected chi connectivity index (χ2v) is 9.29. The average Bonchev–Trinajstić information content (AvgIpc) is 2.72. The first-order valence-corrected chi connectivity index (χ1v) is 11.4. The predicted octanol–water partition coefficient (Wildman–Crippen LogP) is 5.64. The van der Waals surface area contributed by atoms with Crippen molar-refractivity contribution in [3.63, 3.8) is 0 Å². The Balaban J connectivity index is 1.67. The lowest BCUT2D eigenvalue weighted by Gasteiger charge is -2.14. The molecular formula is C25H24N2O3S. The standard InChI is InChI=1S/C25H24N2O3S/c1-16-12-17(2)25(18(3)13-16)31(28,29)27-24-11-9-21-14-20(8-10-23(21)26-24)19-6-5-7-22(15-19)30-4/h5-15H,1-4H3,(H,26,27). The number of nitrogens with zero attached hydrogens (tertiary/aromatic N) is 1. The molecule has 158 valence electrons. The zero-order chi connectivity index (χ0) is 22.2. The highest BCUT2D eigenvalue weighted by molar-refractivity contribution is 7.92. The summed E-state index contributed by atoms with van der Waals surface area (Å²) >= 11 is 0. The number of hydrogen-bond donors (Lipinski definition) is 1. The van der Waals surface area contributed by atoms with Crippen LogP contribution in [0.15, 0.2) is 71.6 Å². The molecule has 0 unspecified atom stereocenters. The van der Waals surface area contributed by atoms with E-state index in [1.165, 1.54) is 0 Å². The van der Waals surface area contributed by atoms with E-state index in [1.54, 1.807) is 13.2 Å². The van der Waals surface area contributed by atoms with Gasteiger partial charge in [-0.05, 0) is 79.4 Å². The van der Waals surface area contributed by atoms with Gasteiger partial charge in [-0.15, -0.1) is 0 Å². The molecule has 1 heterocycles. The third-order valence-electron chi connectivity index (χ3n) is 5.20. The molecule has 31 heavy (non-hydrogen) atoms. The molecule has 0 amide bonds. The lowest BCUT2D eigenvalue weighted by atomic mass is 10.0. The third kappa shape index (κ3) is 4.25. The molecule has 0 spiro atoms. The molecule has 1 aromatic heterocycles. The van der Waals surface area contributed by atoms with Crippen molar-refractivity contribution in [1.82, 2.24) is 4.98 Å². The molecule has 0 radical (unpaired) electrons. The molecule has 0 atom stereocenters. The lowest BCUT2D eigenvalue weighted by Crippen LogP contribution is -2.16. The van der Waals surface area contributed by atoms with Gasteiger partial charge in [0.15, 0.2) is 0 Å². The third-order valence-corrected chi connectivity index (χ3v) is 6.86. The molecule has 6 heteroatoms. The van der Waals surface area contributed by atoms with Crippen LogP contribution in [0.3, 0.4) is 0 Å². The Bertz CT molecular complexity index is 1370. The highest BCUT2D eigenvalue weighted by atomic mass is 32.2. The van der Waals surface area contributed by atoms with Crippen molar-refractivity contribution in [2.75, 3.05) is 11.8 Å². The van der Waals surface area contributed by atoms with Crippen LogP contribution >= 0.6 is 0 Å². The number of pyridine rings is 1. The van der Waals surface area contributed by atoms with E-state index in [0.29, 0.717) is 27.4 Å². The summed E-state index contributed by atoms with van der Waals surface area (Å²) in [5, 5.41) is 0.922. The molecule has 0 aliphatic heterocycles. The maximum absolute atomic E-state index is 13.0. The molecule has 0 saturated carbocycles. The number of nitrogens with one attached hydrogen (secondary N) is 1. The molecule has 4 aromatic rings. The maximum atomic E-state index is 13.0. The molecule has 3 aromatic carbocycles. The van der Waals surface area contributed by atoms with Gasteiger partial charge in [-0.1, -0.05) is 35.9 Å². The average molecular weight is 433 g/mol. The zero-order valence-electron chi connectivity index (χ0n) is 17.9. The van der Waals surface area contributed by atoms with E-state index in [0.717, 1.165) is 27.8 Å². The molecule has 0 bridgehead atoms. The Labute approximate surface area is 182 Å². The fraction of sp³-hybridized carbons (Fsp3) is 0.160. The molecule has 4 rings (SSSR count). The van der Waals surface area contributed by atoms with Crippen molar-refractivity contribution in [2.45, 2.75) is 25.7 Å². The van der Waals surface area contributed by atoms with Crippen LogP contribution in [0.5, 0.6) is 5.75 Å². The molecular weight excluding hydrogens is 408 g/mol. The molecule has 1 N–H and O–H groups in total. The van der Waals surface area contributed by atoms with E-state index >= 15 is 0 Å². The summed E-state index contributed by atoms with van der Waals surface area (Å²) in [6.45, 7) is 5.57. The van der Waals surface area contributed by atoms with Gasteiger partial charge in [0.1, 0.15) is 11.6 Å². The minimum atomic E-state index is -3.75. The fourth-order valence-electron chi connectivity index (χ4n) is 3.94. The van der Waals surface area contributed by atoms with E-state index < -0.39 is 10.0 Å². The molecule has 0 aliphatic carbocycles. The van der Waals surface area contributed by atoms with Gasteiger partial charge in [-0.3, -0.25) is 4.72 Å². The topological polar surface area (TPSA) is 68.3 Å². The molecule has 0 aliphatic rings. The Morgan fingerprint density at radius 3 is 2.26 bits per heavy atom. The van der Waals surface area contributed by atoms with Gasteiger partial charge < -0.3 is 4.74 Å². The number of hydrogen-bond acceptors (Lipinski definition) is 4. The largest absolute Gasteiger partial charge is 0.497 e. The van der Waals surface area contributed by atoms with E-state index in [9.17, 15) is 8.42 Å². The Morgan fingerprint density at radius 2 is 1.55 bits per heavy atom. The van der Waals surface area contributed by atoms with Gasteiger partial charge in [0.05, 0.1) is 17.5 Å². The normalized spacial score (nSPS) is 11.5. The summed E-state index contributed by atoms with van der Waals surface area (Å²) in [6.07, 6.45) is 0. The Hall–Kier alpha value is -3.38. The summed E-state index contributed by atoms with van der Waals surface area (Å²) in [5.74, 6) is 1.09. The van der Waals surface area contributed by atoms with Crippen LogP contribution in [-0.4, -0.2) is 20.5 Å². The van der Waals surface area contributed by atoms with E-state index in [4.69, 9.17) is 4.74 Å². The molecule has 5 nitrogen and oxygen atoms in total. The number of sulfonamides is 1. The Kier molecular flexibility index (Phi) is 5.41. The second kappa shape index (κ2) is 8.04. The van der Waals surface area contributed by atoms with Crippen LogP contribution in [-0.2, 0) is 10.0 Å². The molecule has 0 saturated heterocycles. The van der Waals surface area contributed by atoms with Gasteiger partial charge in [0.2, 0.25) is 0 Å². The van der Waals surface area contributed by atoms with Crippen LogP contribution < -0.4 is 9.46 Å². The van der Waals surface area contributed by atoms with Gasteiger partial charge in [0, 0.05) is 5.39 Å². The number of aromatic nitrogens is 1. The van der Waals surface area contributed by atoms with Crippen molar-refractivity contribution < 1.29 is 13.2 Å². The Morgan fingerprint density at radius 1 is 0.839 bits per heavy atom. The summed E-state index contributed by atoms with van der Waals surface area (Å²) in [6, 6.07) is 21.0. The molecule has 0 fully saturated rings. The summed E-state index contributed by atoms with van der Waals surface area (Å²) in [5.41, 5.74) is 5.25. The smallest absolute Gasteiger partial charge is 0.263 e. The number of rotatable bonds is 5. The number of anilines is 1. The lowest BCUT2D eigenvalue weighted by molar-refractivity contribution is 0.415. The van der Waals surface area contributed by atoms with Crippen LogP contribution in [0.4, 0.5) is 5.82 Å². The minimum absolute atomic E-state index is 0.293. The van der Waals surface area contributed by atoms with Crippen molar-refractivity contribution in [3.8, 4) is 16.9 Å². The van der Waals surface area contributed by atoms with E-state index in [-0.39, 0.29) is 0 Å². The van der Waals surface area contributed by atoms with Gasteiger partial charge >= 0.3 is 0 Å². The van der Waals surface area contributed by atoms with Crippen LogP contribution in [0.1, 0.15) is 16.7 Å². The SMILES string of the molecule is COc1cccc(-c2ccc3nc(NS(=O)(=O)c4c(C)cc(C)cc4C)ccc3c2)c1. The van der Waals surface area contributed by atoms with Crippen molar-refractivity contribution >= 4 is 26.7 Å².